The van der Waals surface area contributed by atoms with Crippen LogP contribution in [-0.4, -0.2) is 57.3 Å². The Morgan fingerprint density at radius 1 is 0.938 bits per heavy atom. The van der Waals surface area contributed by atoms with Crippen molar-refractivity contribution >= 4 is 11.9 Å². The molecule has 0 saturated carbocycles. The Balaban J connectivity index is 1.52. The number of hydrogen-bond donors (Lipinski definition) is 0. The molecule has 2 atom stereocenters. The molecule has 260 valence electrons. The van der Waals surface area contributed by atoms with Crippen LogP contribution in [0.1, 0.15) is 92.6 Å². The number of methoxy groups -OCH3 is 1. The second kappa shape index (κ2) is 13.1. The minimum Gasteiger partial charge on any atom is -0.496 e. The number of esters is 1. The van der Waals surface area contributed by atoms with Crippen molar-refractivity contribution < 1.29 is 50.1 Å². The summed E-state index contributed by atoms with van der Waals surface area (Å²) in [6.07, 6.45) is -11.9. The van der Waals surface area contributed by atoms with Crippen molar-refractivity contribution in [3.05, 3.63) is 70.3 Å². The first-order valence-corrected chi connectivity index (χ1v) is 15.4. The van der Waals surface area contributed by atoms with E-state index in [0.29, 0.717) is 40.4 Å². The number of piperidine rings is 1. The second-order valence-electron chi connectivity index (χ2n) is 13.0. The number of fused-ring (bicyclic) bond motifs is 3. The highest BCUT2D eigenvalue weighted by Crippen LogP contribution is 2.46. The van der Waals surface area contributed by atoms with E-state index in [9.17, 15) is 35.9 Å². The normalized spacial score (nSPS) is 18.9. The predicted octanol–water partition coefficient (Wildman–Crippen LogP) is 7.14. The van der Waals surface area contributed by atoms with Crippen LogP contribution in [0, 0.1) is 12.8 Å². The molecule has 0 unspecified atom stereocenters. The molecule has 3 aromatic rings. The predicted molar refractivity (Wildman–Crippen MR) is 159 cm³/mol. The van der Waals surface area contributed by atoms with Crippen molar-refractivity contribution in [2.75, 3.05) is 20.2 Å². The summed E-state index contributed by atoms with van der Waals surface area (Å²) in [6.45, 7) is 7.54. The van der Waals surface area contributed by atoms with E-state index in [1.807, 2.05) is 0 Å². The number of nitrogens with zero attached hydrogens (tertiary/aromatic N) is 4. The van der Waals surface area contributed by atoms with E-state index in [2.05, 4.69) is 10.2 Å². The van der Waals surface area contributed by atoms with E-state index < -0.39 is 53.9 Å². The molecule has 1 aromatic heterocycles. The fraction of sp³-hybridized carbons (Fsp3) is 0.515. The zero-order chi connectivity index (χ0) is 35.2. The number of hydrogen-bond acceptors (Lipinski definition) is 7. The van der Waals surface area contributed by atoms with Gasteiger partial charge in [0, 0.05) is 25.1 Å². The molecular weight excluding hydrogens is 646 g/mol. The third-order valence-electron chi connectivity index (χ3n) is 8.44. The molecule has 3 heterocycles. The van der Waals surface area contributed by atoms with Crippen LogP contribution in [0.2, 0.25) is 0 Å². The molecule has 1 fully saturated rings. The molecule has 0 bridgehead atoms. The number of benzene rings is 2. The summed E-state index contributed by atoms with van der Waals surface area (Å²) in [5, 5.41) is 7.14. The highest BCUT2D eigenvalue weighted by Gasteiger charge is 2.45. The molecule has 1 saturated heterocycles. The minimum atomic E-state index is -5.04. The smallest absolute Gasteiger partial charge is 0.452 e. The lowest BCUT2D eigenvalue weighted by atomic mass is 9.93. The summed E-state index contributed by atoms with van der Waals surface area (Å²) in [5.41, 5.74) is -1.39. The van der Waals surface area contributed by atoms with Crippen molar-refractivity contribution in [1.29, 1.82) is 0 Å². The van der Waals surface area contributed by atoms with Gasteiger partial charge in [-0.1, -0.05) is 12.1 Å². The molecule has 48 heavy (non-hydrogen) atoms. The monoisotopic (exact) mass is 682 g/mol. The van der Waals surface area contributed by atoms with E-state index in [1.165, 1.54) is 12.0 Å². The topological polar surface area (TPSA) is 95.8 Å². The average Bonchev–Trinajstić information content (AvgIpc) is 3.39. The molecule has 5 rings (SSSR count). The average molecular weight is 683 g/mol. The van der Waals surface area contributed by atoms with Gasteiger partial charge in [-0.05, 0) is 81.8 Å². The summed E-state index contributed by atoms with van der Waals surface area (Å²) in [7, 11) is 1.41. The molecule has 0 aliphatic carbocycles. The number of carbonyl (C=O) groups excluding carboxylic acids is 2. The Labute approximate surface area is 273 Å². The van der Waals surface area contributed by atoms with Crippen LogP contribution in [0.5, 0.6) is 5.75 Å². The first kappa shape index (κ1) is 35.2. The van der Waals surface area contributed by atoms with Gasteiger partial charge in [0.2, 0.25) is 11.7 Å². The van der Waals surface area contributed by atoms with Gasteiger partial charge in [0.05, 0.1) is 24.8 Å². The van der Waals surface area contributed by atoms with Crippen molar-refractivity contribution in [2.24, 2.45) is 5.92 Å². The number of likely N-dealkylation sites (tertiary alicyclic amines) is 1. The SMILES string of the molecule is COc1cccc([C@H]2O[C@H](CC(=O)N3CCC(CC(=O)OC(C)(C)C)CC3)c3nnc(C(F)(F)F)n3-c3ccc(C(F)(F)F)cc32)c1C. The number of amides is 1. The van der Waals surface area contributed by atoms with Crippen LogP contribution >= 0.6 is 0 Å². The van der Waals surface area contributed by atoms with Gasteiger partial charge >= 0.3 is 18.3 Å². The van der Waals surface area contributed by atoms with Gasteiger partial charge < -0.3 is 19.1 Å². The lowest BCUT2D eigenvalue weighted by Gasteiger charge is -2.33. The van der Waals surface area contributed by atoms with E-state index in [0.717, 1.165) is 12.1 Å². The summed E-state index contributed by atoms with van der Waals surface area (Å²) in [4.78, 5) is 27.5. The van der Waals surface area contributed by atoms with Crippen LogP contribution in [0.15, 0.2) is 36.4 Å². The maximum absolute atomic E-state index is 14.3. The van der Waals surface area contributed by atoms with Gasteiger partial charge in [-0.15, -0.1) is 10.2 Å². The third-order valence-corrected chi connectivity index (χ3v) is 8.44. The van der Waals surface area contributed by atoms with Gasteiger partial charge in [0.25, 0.3) is 0 Å². The summed E-state index contributed by atoms with van der Waals surface area (Å²) in [5.74, 6) is -2.28. The molecule has 0 N–H and O–H groups in total. The molecule has 0 spiro atoms. The molecule has 0 radical (unpaired) electrons. The highest BCUT2D eigenvalue weighted by atomic mass is 19.4. The van der Waals surface area contributed by atoms with Gasteiger partial charge in [-0.3, -0.25) is 14.2 Å². The molecule has 2 aliphatic heterocycles. The Morgan fingerprint density at radius 2 is 1.62 bits per heavy atom. The standard InChI is InChI=1S/C33H36F6N4O5/c1-18-21(7-6-8-24(18)46-5)28-22-16-20(32(34,35)36)9-10-23(22)43-29(40-41-30(43)33(37,38)39)25(47-28)17-26(44)42-13-11-19(12-14-42)15-27(45)48-31(2,3)4/h6-10,16,19,25,28H,11-15,17H2,1-5H3/t25-,28-/m1/s1. The van der Waals surface area contributed by atoms with Crippen molar-refractivity contribution in [2.45, 2.75) is 83.5 Å². The van der Waals surface area contributed by atoms with Crippen LogP contribution < -0.4 is 4.74 Å². The van der Waals surface area contributed by atoms with Crippen LogP contribution in [0.4, 0.5) is 26.3 Å². The number of aromatic nitrogens is 3. The van der Waals surface area contributed by atoms with Crippen molar-refractivity contribution in [3.63, 3.8) is 0 Å². The van der Waals surface area contributed by atoms with Gasteiger partial charge in [-0.25, -0.2) is 0 Å². The summed E-state index contributed by atoms with van der Waals surface area (Å²) >= 11 is 0. The maximum atomic E-state index is 14.3. The second-order valence-corrected chi connectivity index (χ2v) is 13.0. The number of alkyl halides is 6. The molecule has 15 heteroatoms. The number of ether oxygens (including phenoxy) is 3. The summed E-state index contributed by atoms with van der Waals surface area (Å²) < 4.78 is 103. The van der Waals surface area contributed by atoms with E-state index >= 15 is 0 Å². The first-order chi connectivity index (χ1) is 22.4. The third kappa shape index (κ3) is 7.45. The zero-order valence-corrected chi connectivity index (χ0v) is 27.0. The van der Waals surface area contributed by atoms with Gasteiger partial charge in [0.15, 0.2) is 5.82 Å². The largest absolute Gasteiger partial charge is 0.496 e. The molecule has 9 nitrogen and oxygen atoms in total. The van der Waals surface area contributed by atoms with E-state index in [4.69, 9.17) is 14.2 Å². The van der Waals surface area contributed by atoms with Crippen LogP contribution in [0.3, 0.4) is 0 Å². The van der Waals surface area contributed by atoms with Crippen LogP contribution in [0.25, 0.3) is 5.69 Å². The maximum Gasteiger partial charge on any atom is 0.452 e. The fourth-order valence-corrected chi connectivity index (χ4v) is 6.18. The number of rotatable bonds is 6. The fourth-order valence-electron chi connectivity index (χ4n) is 6.18. The number of halogens is 6. The zero-order valence-electron chi connectivity index (χ0n) is 27.0. The lowest BCUT2D eigenvalue weighted by Crippen LogP contribution is -2.40. The van der Waals surface area contributed by atoms with Crippen LogP contribution in [-0.2, 0) is 31.4 Å². The Morgan fingerprint density at radius 3 is 2.23 bits per heavy atom. The summed E-state index contributed by atoms with van der Waals surface area (Å²) in [6, 6.07) is 7.18. The Bertz CT molecular complexity index is 1670. The Hall–Kier alpha value is -4.14. The molecule has 1 amide bonds. The van der Waals surface area contributed by atoms with Crippen molar-refractivity contribution in [1.82, 2.24) is 19.7 Å². The minimum absolute atomic E-state index is 0.0202. The first-order valence-electron chi connectivity index (χ1n) is 15.4. The lowest BCUT2D eigenvalue weighted by molar-refractivity contribution is -0.156. The van der Waals surface area contributed by atoms with Crippen molar-refractivity contribution in [3.8, 4) is 11.4 Å². The Kier molecular flexibility index (Phi) is 9.56. The molecular formula is C33H36F6N4O5. The number of carbonyl (C=O) groups is 2. The molecule has 2 aromatic carbocycles. The van der Waals surface area contributed by atoms with E-state index in [1.54, 1.807) is 45.9 Å². The quantitative estimate of drug-likeness (QED) is 0.202. The highest BCUT2D eigenvalue weighted by molar-refractivity contribution is 5.77. The van der Waals surface area contributed by atoms with Gasteiger partial charge in [0.1, 0.15) is 23.6 Å². The van der Waals surface area contributed by atoms with E-state index in [-0.39, 0.29) is 48.5 Å². The van der Waals surface area contributed by atoms with Gasteiger partial charge in [-0.2, -0.15) is 26.3 Å². The molecule has 2 aliphatic rings.